The highest BCUT2D eigenvalue weighted by Crippen LogP contribution is 2.32. The Morgan fingerprint density at radius 1 is 1.38 bits per heavy atom. The molecule has 2 heterocycles. The summed E-state index contributed by atoms with van der Waals surface area (Å²) in [4.78, 5) is 14.9. The Morgan fingerprint density at radius 2 is 2.12 bits per heavy atom. The molecule has 0 bridgehead atoms. The molecule has 1 saturated heterocycles. The van der Waals surface area contributed by atoms with E-state index in [9.17, 15) is 4.79 Å². The number of nitrogens with zero attached hydrogens (tertiary/aromatic N) is 3. The standard InChI is InChI=1S/C19H24ClN3O/c1-4-23-18(11-17(21-23)13(2)3)19(24)22-10-9-14(12-22)15-7-5-6-8-16(15)20/h5-8,11,13-14H,4,9-10,12H2,1-3H3. The molecule has 5 heteroatoms. The Balaban J connectivity index is 1.79. The fraction of sp³-hybridized carbons (Fsp3) is 0.474. The van der Waals surface area contributed by atoms with Crippen molar-refractivity contribution in [2.45, 2.75) is 45.6 Å². The quantitative estimate of drug-likeness (QED) is 0.828. The van der Waals surface area contributed by atoms with E-state index in [0.717, 1.165) is 29.2 Å². The van der Waals surface area contributed by atoms with Crippen LogP contribution < -0.4 is 0 Å². The molecule has 24 heavy (non-hydrogen) atoms. The number of benzene rings is 1. The lowest BCUT2D eigenvalue weighted by atomic mass is 9.98. The van der Waals surface area contributed by atoms with Gasteiger partial charge in [-0.3, -0.25) is 9.48 Å². The van der Waals surface area contributed by atoms with Gasteiger partial charge in [-0.15, -0.1) is 0 Å². The van der Waals surface area contributed by atoms with Gasteiger partial charge in [0.05, 0.1) is 5.69 Å². The van der Waals surface area contributed by atoms with Crippen LogP contribution in [0.2, 0.25) is 5.02 Å². The van der Waals surface area contributed by atoms with Gasteiger partial charge in [0.25, 0.3) is 5.91 Å². The molecule has 1 aromatic carbocycles. The van der Waals surface area contributed by atoms with Crippen LogP contribution in [0, 0.1) is 0 Å². The van der Waals surface area contributed by atoms with Gasteiger partial charge in [-0.25, -0.2) is 0 Å². The summed E-state index contributed by atoms with van der Waals surface area (Å²) < 4.78 is 1.82. The lowest BCUT2D eigenvalue weighted by Gasteiger charge is -2.17. The second-order valence-corrected chi connectivity index (χ2v) is 7.09. The van der Waals surface area contributed by atoms with Crippen LogP contribution in [0.15, 0.2) is 30.3 Å². The molecule has 3 rings (SSSR count). The maximum absolute atomic E-state index is 13.0. The van der Waals surface area contributed by atoms with Gasteiger partial charge >= 0.3 is 0 Å². The van der Waals surface area contributed by atoms with Crippen molar-refractivity contribution in [1.82, 2.24) is 14.7 Å². The minimum Gasteiger partial charge on any atom is -0.337 e. The predicted octanol–water partition coefficient (Wildman–Crippen LogP) is 4.31. The van der Waals surface area contributed by atoms with Gasteiger partial charge in [0.15, 0.2) is 0 Å². The second kappa shape index (κ2) is 6.98. The zero-order chi connectivity index (χ0) is 17.3. The third-order valence-electron chi connectivity index (χ3n) is 4.73. The van der Waals surface area contributed by atoms with Crippen molar-refractivity contribution in [2.75, 3.05) is 13.1 Å². The number of halogens is 1. The van der Waals surface area contributed by atoms with Crippen molar-refractivity contribution in [2.24, 2.45) is 0 Å². The third kappa shape index (κ3) is 3.20. The molecule has 1 atom stereocenters. The molecule has 0 aliphatic carbocycles. The summed E-state index contributed by atoms with van der Waals surface area (Å²) in [6, 6.07) is 9.87. The van der Waals surface area contributed by atoms with Crippen LogP contribution in [0.1, 0.15) is 60.8 Å². The highest BCUT2D eigenvalue weighted by molar-refractivity contribution is 6.31. The minimum absolute atomic E-state index is 0.0748. The first-order valence-electron chi connectivity index (χ1n) is 8.62. The molecular weight excluding hydrogens is 322 g/mol. The summed E-state index contributed by atoms with van der Waals surface area (Å²) in [5.41, 5.74) is 2.81. The fourth-order valence-corrected chi connectivity index (χ4v) is 3.59. The Kier molecular flexibility index (Phi) is 4.95. The normalized spacial score (nSPS) is 17.7. The van der Waals surface area contributed by atoms with Crippen LogP contribution in [-0.2, 0) is 6.54 Å². The van der Waals surface area contributed by atoms with Crippen LogP contribution in [-0.4, -0.2) is 33.7 Å². The van der Waals surface area contributed by atoms with Crippen LogP contribution >= 0.6 is 11.6 Å². The van der Waals surface area contributed by atoms with E-state index in [1.54, 1.807) is 0 Å². The molecule has 1 amide bonds. The summed E-state index contributed by atoms with van der Waals surface area (Å²) in [5, 5.41) is 5.35. The number of rotatable bonds is 4. The summed E-state index contributed by atoms with van der Waals surface area (Å²) in [6.45, 7) is 8.40. The van der Waals surface area contributed by atoms with Crippen molar-refractivity contribution >= 4 is 17.5 Å². The number of amides is 1. The molecule has 1 unspecified atom stereocenters. The third-order valence-corrected chi connectivity index (χ3v) is 5.07. The average Bonchev–Trinajstić information content (AvgIpc) is 3.21. The van der Waals surface area contributed by atoms with Gasteiger partial charge in [-0.1, -0.05) is 43.6 Å². The van der Waals surface area contributed by atoms with Crippen LogP contribution in [0.4, 0.5) is 0 Å². The number of carbonyl (C=O) groups excluding carboxylic acids is 1. The van der Waals surface area contributed by atoms with Gasteiger partial charge in [-0.05, 0) is 37.0 Å². The predicted molar refractivity (Wildman–Crippen MR) is 96.7 cm³/mol. The van der Waals surface area contributed by atoms with Crippen molar-refractivity contribution in [3.05, 3.63) is 52.3 Å². The highest BCUT2D eigenvalue weighted by Gasteiger charge is 2.30. The SMILES string of the molecule is CCn1nc(C(C)C)cc1C(=O)N1CCC(c2ccccc2Cl)C1. The number of hydrogen-bond donors (Lipinski definition) is 0. The summed E-state index contributed by atoms with van der Waals surface area (Å²) >= 11 is 6.32. The van der Waals surface area contributed by atoms with Crippen molar-refractivity contribution < 1.29 is 4.79 Å². The van der Waals surface area contributed by atoms with E-state index in [1.807, 2.05) is 40.8 Å². The number of carbonyl (C=O) groups is 1. The first-order valence-corrected chi connectivity index (χ1v) is 9.00. The summed E-state index contributed by atoms with van der Waals surface area (Å²) in [5.74, 6) is 0.704. The van der Waals surface area contributed by atoms with Crippen LogP contribution in [0.3, 0.4) is 0 Å². The van der Waals surface area contributed by atoms with Gasteiger partial charge < -0.3 is 4.90 Å². The monoisotopic (exact) mass is 345 g/mol. The van der Waals surface area contributed by atoms with Crippen LogP contribution in [0.5, 0.6) is 0 Å². The molecule has 0 spiro atoms. The lowest BCUT2D eigenvalue weighted by molar-refractivity contribution is 0.0778. The first kappa shape index (κ1) is 17.0. The molecule has 1 fully saturated rings. The molecule has 1 aliphatic heterocycles. The number of hydrogen-bond acceptors (Lipinski definition) is 2. The number of likely N-dealkylation sites (tertiary alicyclic amines) is 1. The Bertz CT molecular complexity index is 738. The molecule has 1 aromatic heterocycles. The summed E-state index contributed by atoms with van der Waals surface area (Å²) in [7, 11) is 0. The van der Waals surface area contributed by atoms with Gasteiger partial charge in [-0.2, -0.15) is 5.10 Å². The maximum Gasteiger partial charge on any atom is 0.272 e. The molecule has 2 aromatic rings. The molecule has 0 radical (unpaired) electrons. The Labute approximate surface area is 148 Å². The first-order chi connectivity index (χ1) is 11.5. The van der Waals surface area contributed by atoms with Crippen LogP contribution in [0.25, 0.3) is 0 Å². The van der Waals surface area contributed by atoms with Crippen molar-refractivity contribution in [3.63, 3.8) is 0 Å². The van der Waals surface area contributed by atoms with E-state index in [2.05, 4.69) is 25.0 Å². The Morgan fingerprint density at radius 3 is 2.79 bits per heavy atom. The van der Waals surface area contributed by atoms with Crippen molar-refractivity contribution in [3.8, 4) is 0 Å². The van der Waals surface area contributed by atoms with E-state index in [0.29, 0.717) is 30.6 Å². The number of aromatic nitrogens is 2. The zero-order valence-electron chi connectivity index (χ0n) is 14.5. The average molecular weight is 346 g/mol. The second-order valence-electron chi connectivity index (χ2n) is 6.68. The molecule has 0 N–H and O–H groups in total. The van der Waals surface area contributed by atoms with E-state index < -0.39 is 0 Å². The molecule has 128 valence electrons. The minimum atomic E-state index is 0.0748. The lowest BCUT2D eigenvalue weighted by Crippen LogP contribution is -2.30. The van der Waals surface area contributed by atoms with E-state index >= 15 is 0 Å². The summed E-state index contributed by atoms with van der Waals surface area (Å²) in [6.07, 6.45) is 0.951. The van der Waals surface area contributed by atoms with Gasteiger partial charge in [0.1, 0.15) is 5.69 Å². The van der Waals surface area contributed by atoms with E-state index in [-0.39, 0.29) is 5.91 Å². The van der Waals surface area contributed by atoms with Crippen molar-refractivity contribution in [1.29, 1.82) is 0 Å². The fourth-order valence-electron chi connectivity index (χ4n) is 3.30. The molecule has 1 aliphatic rings. The van der Waals surface area contributed by atoms with Gasteiger partial charge in [0, 0.05) is 30.6 Å². The highest BCUT2D eigenvalue weighted by atomic mass is 35.5. The molecular formula is C19H24ClN3O. The maximum atomic E-state index is 13.0. The van der Waals surface area contributed by atoms with E-state index in [4.69, 9.17) is 11.6 Å². The number of aryl methyl sites for hydroxylation is 1. The Hall–Kier alpha value is -1.81. The smallest absolute Gasteiger partial charge is 0.272 e. The molecule has 0 saturated carbocycles. The topological polar surface area (TPSA) is 38.1 Å². The van der Waals surface area contributed by atoms with E-state index in [1.165, 1.54) is 0 Å². The van der Waals surface area contributed by atoms with Gasteiger partial charge in [0.2, 0.25) is 0 Å². The largest absolute Gasteiger partial charge is 0.337 e. The zero-order valence-corrected chi connectivity index (χ0v) is 15.3. The molecule has 4 nitrogen and oxygen atoms in total.